The van der Waals surface area contributed by atoms with Crippen molar-refractivity contribution in [2.24, 2.45) is 5.92 Å². The molecule has 1 aliphatic rings. The normalized spacial score (nSPS) is 29.2. The second-order valence-corrected chi connectivity index (χ2v) is 4.23. The van der Waals surface area contributed by atoms with Crippen molar-refractivity contribution in [1.29, 1.82) is 0 Å². The molecule has 1 saturated carbocycles. The predicted octanol–water partition coefficient (Wildman–Crippen LogP) is 1.56. The van der Waals surface area contributed by atoms with Gasteiger partial charge in [-0.2, -0.15) is 0 Å². The van der Waals surface area contributed by atoms with Crippen LogP contribution in [0.1, 0.15) is 24.8 Å². The first kappa shape index (κ1) is 11.2. The Labute approximate surface area is 95.9 Å². The molecule has 1 fully saturated rings. The van der Waals surface area contributed by atoms with Crippen LogP contribution >= 0.6 is 0 Å². The maximum Gasteiger partial charge on any atom is 0.0936 e. The zero-order valence-corrected chi connectivity index (χ0v) is 9.13. The Morgan fingerprint density at radius 1 is 1.06 bits per heavy atom. The van der Waals surface area contributed by atoms with Crippen LogP contribution in [0.4, 0.5) is 0 Å². The van der Waals surface area contributed by atoms with Gasteiger partial charge in [0.25, 0.3) is 0 Å². The molecule has 0 heterocycles. The van der Waals surface area contributed by atoms with Crippen LogP contribution in [0, 0.1) is 17.8 Å². The zero-order valence-electron chi connectivity index (χ0n) is 9.13. The van der Waals surface area contributed by atoms with Crippen molar-refractivity contribution < 1.29 is 10.2 Å². The van der Waals surface area contributed by atoms with Gasteiger partial charge in [-0.05, 0) is 31.4 Å². The molecule has 0 amide bonds. The third-order valence-corrected chi connectivity index (χ3v) is 3.00. The number of aliphatic hydroxyl groups excluding tert-OH is 2. The fourth-order valence-corrected chi connectivity index (χ4v) is 2.01. The summed E-state index contributed by atoms with van der Waals surface area (Å²) in [6.45, 7) is 0. The van der Waals surface area contributed by atoms with Gasteiger partial charge in [0.15, 0.2) is 0 Å². The van der Waals surface area contributed by atoms with Crippen molar-refractivity contribution >= 4 is 0 Å². The Morgan fingerprint density at radius 3 is 2.56 bits per heavy atom. The molecule has 3 atom stereocenters. The van der Waals surface area contributed by atoms with Crippen molar-refractivity contribution in [1.82, 2.24) is 0 Å². The summed E-state index contributed by atoms with van der Waals surface area (Å²) < 4.78 is 0. The molecule has 1 aromatic carbocycles. The van der Waals surface area contributed by atoms with Crippen molar-refractivity contribution in [3.8, 4) is 11.8 Å². The SMILES string of the molecule is OC1CCCC(C#Cc2ccccc2)C1O. The number of aliphatic hydroxyl groups is 2. The van der Waals surface area contributed by atoms with Gasteiger partial charge in [-0.3, -0.25) is 0 Å². The summed E-state index contributed by atoms with van der Waals surface area (Å²) in [6.07, 6.45) is 1.20. The second-order valence-electron chi connectivity index (χ2n) is 4.23. The largest absolute Gasteiger partial charge is 0.390 e. The Kier molecular flexibility index (Phi) is 3.61. The van der Waals surface area contributed by atoms with E-state index in [0.29, 0.717) is 6.42 Å². The smallest absolute Gasteiger partial charge is 0.0936 e. The van der Waals surface area contributed by atoms with Gasteiger partial charge in [0.1, 0.15) is 0 Å². The summed E-state index contributed by atoms with van der Waals surface area (Å²) in [5.41, 5.74) is 0.953. The lowest BCUT2D eigenvalue weighted by Crippen LogP contribution is -2.36. The van der Waals surface area contributed by atoms with Crippen LogP contribution in [0.5, 0.6) is 0 Å². The third kappa shape index (κ3) is 2.63. The van der Waals surface area contributed by atoms with Crippen LogP contribution in [-0.4, -0.2) is 22.4 Å². The number of benzene rings is 1. The van der Waals surface area contributed by atoms with E-state index in [1.165, 1.54) is 0 Å². The van der Waals surface area contributed by atoms with E-state index in [1.54, 1.807) is 0 Å². The molecule has 3 unspecified atom stereocenters. The molecule has 1 aromatic rings. The van der Waals surface area contributed by atoms with Crippen LogP contribution in [0.15, 0.2) is 30.3 Å². The molecule has 16 heavy (non-hydrogen) atoms. The monoisotopic (exact) mass is 216 g/mol. The molecule has 2 N–H and O–H groups in total. The second kappa shape index (κ2) is 5.16. The highest BCUT2D eigenvalue weighted by molar-refractivity contribution is 5.34. The fraction of sp³-hybridized carbons (Fsp3) is 0.429. The van der Waals surface area contributed by atoms with Gasteiger partial charge in [-0.15, -0.1) is 0 Å². The third-order valence-electron chi connectivity index (χ3n) is 3.00. The van der Waals surface area contributed by atoms with Gasteiger partial charge in [-0.25, -0.2) is 0 Å². The van der Waals surface area contributed by atoms with Crippen molar-refractivity contribution in [2.75, 3.05) is 0 Å². The minimum absolute atomic E-state index is 0.0936. The van der Waals surface area contributed by atoms with E-state index in [-0.39, 0.29) is 5.92 Å². The maximum atomic E-state index is 9.76. The minimum Gasteiger partial charge on any atom is -0.390 e. The fourth-order valence-electron chi connectivity index (χ4n) is 2.01. The molecule has 84 valence electrons. The van der Waals surface area contributed by atoms with E-state index < -0.39 is 12.2 Å². The molecule has 2 rings (SSSR count). The van der Waals surface area contributed by atoms with E-state index in [1.807, 2.05) is 30.3 Å². The highest BCUT2D eigenvalue weighted by atomic mass is 16.3. The van der Waals surface area contributed by atoms with Gasteiger partial charge < -0.3 is 10.2 Å². The molecule has 0 bridgehead atoms. The van der Waals surface area contributed by atoms with E-state index in [0.717, 1.165) is 18.4 Å². The van der Waals surface area contributed by atoms with Gasteiger partial charge in [0.2, 0.25) is 0 Å². The summed E-state index contributed by atoms with van der Waals surface area (Å²) in [7, 11) is 0. The lowest BCUT2D eigenvalue weighted by molar-refractivity contribution is -0.0288. The Balaban J connectivity index is 2.07. The molecule has 2 nitrogen and oxygen atoms in total. The van der Waals surface area contributed by atoms with Crippen molar-refractivity contribution in [3.63, 3.8) is 0 Å². The molecule has 1 aliphatic carbocycles. The van der Waals surface area contributed by atoms with Crippen LogP contribution in [-0.2, 0) is 0 Å². The molecule has 2 heteroatoms. The highest BCUT2D eigenvalue weighted by Crippen LogP contribution is 2.24. The maximum absolute atomic E-state index is 9.76. The number of hydrogen-bond donors (Lipinski definition) is 2. The molecule has 0 radical (unpaired) electrons. The van der Waals surface area contributed by atoms with Gasteiger partial charge >= 0.3 is 0 Å². The molecular weight excluding hydrogens is 200 g/mol. The summed E-state index contributed by atoms with van der Waals surface area (Å²) >= 11 is 0. The van der Waals surface area contributed by atoms with Crippen molar-refractivity contribution in [3.05, 3.63) is 35.9 Å². The Morgan fingerprint density at radius 2 is 1.81 bits per heavy atom. The molecular formula is C14H16O2. The summed E-state index contributed by atoms with van der Waals surface area (Å²) in [5.74, 6) is 6.01. The van der Waals surface area contributed by atoms with Crippen molar-refractivity contribution in [2.45, 2.75) is 31.5 Å². The Hall–Kier alpha value is -1.30. The van der Waals surface area contributed by atoms with Crippen LogP contribution in [0.25, 0.3) is 0 Å². The molecule has 0 spiro atoms. The van der Waals surface area contributed by atoms with Gasteiger partial charge in [0.05, 0.1) is 12.2 Å². The van der Waals surface area contributed by atoms with E-state index >= 15 is 0 Å². The van der Waals surface area contributed by atoms with Crippen LogP contribution < -0.4 is 0 Å². The molecule has 0 saturated heterocycles. The quantitative estimate of drug-likeness (QED) is 0.646. The lowest BCUT2D eigenvalue weighted by Gasteiger charge is -2.28. The van der Waals surface area contributed by atoms with Crippen LogP contribution in [0.3, 0.4) is 0 Å². The predicted molar refractivity (Wildman–Crippen MR) is 62.7 cm³/mol. The average Bonchev–Trinajstić information content (AvgIpc) is 2.32. The zero-order chi connectivity index (χ0) is 11.4. The molecule has 0 aliphatic heterocycles. The average molecular weight is 216 g/mol. The first-order valence-electron chi connectivity index (χ1n) is 5.70. The minimum atomic E-state index is -0.690. The van der Waals surface area contributed by atoms with Crippen LogP contribution in [0.2, 0.25) is 0 Å². The first-order chi connectivity index (χ1) is 7.77. The van der Waals surface area contributed by atoms with E-state index in [9.17, 15) is 10.2 Å². The van der Waals surface area contributed by atoms with E-state index in [4.69, 9.17) is 0 Å². The summed E-state index contributed by atoms with van der Waals surface area (Å²) in [5, 5.41) is 19.3. The topological polar surface area (TPSA) is 40.5 Å². The Bertz CT molecular complexity index is 388. The highest BCUT2D eigenvalue weighted by Gasteiger charge is 2.28. The summed E-state index contributed by atoms with van der Waals surface area (Å²) in [4.78, 5) is 0. The summed E-state index contributed by atoms with van der Waals surface area (Å²) in [6, 6.07) is 9.72. The standard InChI is InChI=1S/C14H16O2/c15-13-8-4-7-12(14(13)16)10-9-11-5-2-1-3-6-11/h1-3,5-6,12-16H,4,7-8H2. The van der Waals surface area contributed by atoms with E-state index in [2.05, 4.69) is 11.8 Å². The first-order valence-corrected chi connectivity index (χ1v) is 5.70. The number of rotatable bonds is 0. The lowest BCUT2D eigenvalue weighted by atomic mass is 9.85. The number of hydrogen-bond acceptors (Lipinski definition) is 2. The van der Waals surface area contributed by atoms with Gasteiger partial charge in [-0.1, -0.05) is 30.0 Å². The molecule has 0 aromatic heterocycles. The van der Waals surface area contributed by atoms with Gasteiger partial charge in [0, 0.05) is 11.5 Å².